The smallest absolute Gasteiger partial charge is 0.124 e. The van der Waals surface area contributed by atoms with Gasteiger partial charge in [0.25, 0.3) is 0 Å². The molecule has 0 amide bonds. The van der Waals surface area contributed by atoms with Crippen LogP contribution in [-0.4, -0.2) is 13.2 Å². The van der Waals surface area contributed by atoms with Gasteiger partial charge in [0.2, 0.25) is 0 Å². The summed E-state index contributed by atoms with van der Waals surface area (Å²) in [4.78, 5) is 0. The molecule has 1 fully saturated rings. The van der Waals surface area contributed by atoms with Crippen LogP contribution in [0.3, 0.4) is 0 Å². The zero-order valence-electron chi connectivity index (χ0n) is 8.92. The second-order valence-corrected chi connectivity index (χ2v) is 4.20. The minimum Gasteiger partial charge on any atom is -0.494 e. The van der Waals surface area contributed by atoms with Crippen molar-refractivity contribution in [2.24, 2.45) is 0 Å². The summed E-state index contributed by atoms with van der Waals surface area (Å²) in [6.07, 6.45) is 2.39. The number of ether oxygens (including phenoxy) is 1. The molecule has 3 heteroatoms. The fourth-order valence-corrected chi connectivity index (χ4v) is 2.21. The normalized spacial score (nSPS) is 20.5. The Morgan fingerprint density at radius 2 is 2.40 bits per heavy atom. The average Bonchev–Trinajstić information content (AvgIpc) is 2.74. The van der Waals surface area contributed by atoms with Crippen molar-refractivity contribution in [1.29, 1.82) is 0 Å². The summed E-state index contributed by atoms with van der Waals surface area (Å²) in [6, 6.07) is 6.26. The largest absolute Gasteiger partial charge is 0.494 e. The van der Waals surface area contributed by atoms with Crippen molar-refractivity contribution in [3.63, 3.8) is 0 Å². The van der Waals surface area contributed by atoms with Crippen LogP contribution in [0.5, 0.6) is 5.75 Å². The van der Waals surface area contributed by atoms with Gasteiger partial charge in [-0.3, -0.25) is 0 Å². The molecule has 15 heavy (non-hydrogen) atoms. The highest BCUT2D eigenvalue weighted by molar-refractivity contribution is 6.30. The summed E-state index contributed by atoms with van der Waals surface area (Å²) in [5.41, 5.74) is 1.20. The number of halogens is 1. The Hall–Kier alpha value is -0.730. The van der Waals surface area contributed by atoms with Crippen molar-refractivity contribution in [1.82, 2.24) is 5.32 Å². The van der Waals surface area contributed by atoms with Crippen LogP contribution in [0.25, 0.3) is 0 Å². The van der Waals surface area contributed by atoms with Crippen LogP contribution in [0.4, 0.5) is 0 Å². The molecule has 0 spiro atoms. The first-order valence-electron chi connectivity index (χ1n) is 5.47. The van der Waals surface area contributed by atoms with Crippen molar-refractivity contribution in [2.45, 2.75) is 25.8 Å². The third-order valence-electron chi connectivity index (χ3n) is 2.71. The molecular weight excluding hydrogens is 210 g/mol. The van der Waals surface area contributed by atoms with E-state index in [1.54, 1.807) is 0 Å². The molecular formula is C12H16ClNO. The summed E-state index contributed by atoms with van der Waals surface area (Å²) < 4.78 is 5.61. The van der Waals surface area contributed by atoms with E-state index in [2.05, 4.69) is 5.32 Å². The maximum Gasteiger partial charge on any atom is 0.124 e. The number of hydrogen-bond donors (Lipinski definition) is 1. The molecule has 0 aliphatic carbocycles. The predicted molar refractivity (Wildman–Crippen MR) is 62.6 cm³/mol. The quantitative estimate of drug-likeness (QED) is 0.853. The molecule has 82 valence electrons. The topological polar surface area (TPSA) is 21.3 Å². The maximum absolute atomic E-state index is 6.01. The van der Waals surface area contributed by atoms with Crippen LogP contribution in [-0.2, 0) is 0 Å². The Morgan fingerprint density at radius 3 is 3.07 bits per heavy atom. The number of rotatable bonds is 3. The van der Waals surface area contributed by atoms with E-state index in [0.29, 0.717) is 12.6 Å². The molecule has 2 nitrogen and oxygen atoms in total. The molecule has 1 N–H and O–H groups in total. The zero-order chi connectivity index (χ0) is 10.7. The monoisotopic (exact) mass is 225 g/mol. The highest BCUT2D eigenvalue weighted by Crippen LogP contribution is 2.32. The second-order valence-electron chi connectivity index (χ2n) is 3.76. The molecule has 0 saturated carbocycles. The van der Waals surface area contributed by atoms with Gasteiger partial charge in [-0.15, -0.1) is 0 Å². The minimum atomic E-state index is 0.408. The van der Waals surface area contributed by atoms with Gasteiger partial charge in [0.05, 0.1) is 6.61 Å². The fourth-order valence-electron chi connectivity index (χ4n) is 2.03. The van der Waals surface area contributed by atoms with Gasteiger partial charge in [-0.05, 0) is 44.5 Å². The van der Waals surface area contributed by atoms with E-state index in [0.717, 1.165) is 17.3 Å². The highest BCUT2D eigenvalue weighted by atomic mass is 35.5. The van der Waals surface area contributed by atoms with Gasteiger partial charge in [-0.1, -0.05) is 11.6 Å². The van der Waals surface area contributed by atoms with Crippen LogP contribution < -0.4 is 10.1 Å². The summed E-state index contributed by atoms with van der Waals surface area (Å²) in [7, 11) is 0. The molecule has 0 aromatic heterocycles. The maximum atomic E-state index is 6.01. The second kappa shape index (κ2) is 4.86. The van der Waals surface area contributed by atoms with E-state index in [-0.39, 0.29) is 0 Å². The van der Waals surface area contributed by atoms with Gasteiger partial charge in [0.1, 0.15) is 5.75 Å². The molecule has 2 rings (SSSR count). The van der Waals surface area contributed by atoms with Gasteiger partial charge in [-0.25, -0.2) is 0 Å². The zero-order valence-corrected chi connectivity index (χ0v) is 9.68. The molecule has 1 aromatic carbocycles. The van der Waals surface area contributed by atoms with Crippen molar-refractivity contribution in [3.8, 4) is 5.75 Å². The summed E-state index contributed by atoms with van der Waals surface area (Å²) in [5, 5.41) is 4.24. The van der Waals surface area contributed by atoms with Crippen LogP contribution in [0.1, 0.15) is 31.4 Å². The van der Waals surface area contributed by atoms with E-state index in [1.807, 2.05) is 25.1 Å². The van der Waals surface area contributed by atoms with Gasteiger partial charge in [0.15, 0.2) is 0 Å². The van der Waals surface area contributed by atoms with Gasteiger partial charge >= 0.3 is 0 Å². The first-order chi connectivity index (χ1) is 7.31. The molecule has 1 aromatic rings. The van der Waals surface area contributed by atoms with Gasteiger partial charge in [0, 0.05) is 16.6 Å². The van der Waals surface area contributed by atoms with Crippen molar-refractivity contribution < 1.29 is 4.74 Å². The Kier molecular flexibility index (Phi) is 3.49. The lowest BCUT2D eigenvalue weighted by Crippen LogP contribution is -2.14. The molecule has 1 aliphatic rings. The number of hydrogen-bond acceptors (Lipinski definition) is 2. The predicted octanol–water partition coefficient (Wildman–Crippen LogP) is 3.16. The van der Waals surface area contributed by atoms with Crippen LogP contribution in [0.15, 0.2) is 18.2 Å². The Labute approximate surface area is 95.6 Å². The van der Waals surface area contributed by atoms with Crippen molar-refractivity contribution in [3.05, 3.63) is 28.8 Å². The van der Waals surface area contributed by atoms with Crippen molar-refractivity contribution in [2.75, 3.05) is 13.2 Å². The molecule has 1 saturated heterocycles. The Morgan fingerprint density at radius 1 is 1.53 bits per heavy atom. The van der Waals surface area contributed by atoms with E-state index < -0.39 is 0 Å². The minimum absolute atomic E-state index is 0.408. The first kappa shape index (κ1) is 10.8. The highest BCUT2D eigenvalue weighted by Gasteiger charge is 2.20. The van der Waals surface area contributed by atoms with Gasteiger partial charge in [-0.2, -0.15) is 0 Å². The lowest BCUT2D eigenvalue weighted by atomic mass is 10.0. The summed E-state index contributed by atoms with van der Waals surface area (Å²) in [6.45, 7) is 3.78. The Balaban J connectivity index is 2.28. The van der Waals surface area contributed by atoms with Crippen LogP contribution >= 0.6 is 11.6 Å². The number of nitrogens with one attached hydrogen (secondary N) is 1. The molecule has 1 heterocycles. The van der Waals surface area contributed by atoms with E-state index in [4.69, 9.17) is 16.3 Å². The first-order valence-corrected chi connectivity index (χ1v) is 5.84. The summed E-state index contributed by atoms with van der Waals surface area (Å²) >= 11 is 6.01. The standard InChI is InChI=1S/C12H16ClNO/c1-2-15-12-6-5-9(13)8-10(12)11-4-3-7-14-11/h5-6,8,11,14H,2-4,7H2,1H3/t11-/m0/s1. The Bertz CT molecular complexity index is 334. The molecule has 1 aliphatic heterocycles. The molecule has 0 unspecified atom stereocenters. The van der Waals surface area contributed by atoms with Gasteiger partial charge < -0.3 is 10.1 Å². The third kappa shape index (κ3) is 2.44. The van der Waals surface area contributed by atoms with E-state index in [1.165, 1.54) is 18.4 Å². The molecule has 1 atom stereocenters. The van der Waals surface area contributed by atoms with E-state index >= 15 is 0 Å². The van der Waals surface area contributed by atoms with Crippen LogP contribution in [0, 0.1) is 0 Å². The lowest BCUT2D eigenvalue weighted by Gasteiger charge is -2.16. The van der Waals surface area contributed by atoms with Crippen molar-refractivity contribution >= 4 is 11.6 Å². The summed E-state index contributed by atoms with van der Waals surface area (Å²) in [5.74, 6) is 0.960. The molecule has 0 radical (unpaired) electrons. The third-order valence-corrected chi connectivity index (χ3v) is 2.94. The SMILES string of the molecule is CCOc1ccc(Cl)cc1[C@@H]1CCCN1. The average molecular weight is 226 g/mol. The number of benzene rings is 1. The molecule has 0 bridgehead atoms. The fraction of sp³-hybridized carbons (Fsp3) is 0.500. The van der Waals surface area contributed by atoms with Crippen LogP contribution in [0.2, 0.25) is 5.02 Å². The lowest BCUT2D eigenvalue weighted by molar-refractivity contribution is 0.333. The van der Waals surface area contributed by atoms with E-state index in [9.17, 15) is 0 Å².